The summed E-state index contributed by atoms with van der Waals surface area (Å²) >= 11 is 0. The van der Waals surface area contributed by atoms with Crippen LogP contribution < -0.4 is 10.2 Å². The van der Waals surface area contributed by atoms with Crippen LogP contribution in [0.4, 0.5) is 11.4 Å². The molecule has 0 radical (unpaired) electrons. The van der Waals surface area contributed by atoms with E-state index in [9.17, 15) is 5.11 Å². The zero-order valence-electron chi connectivity index (χ0n) is 10.8. The van der Waals surface area contributed by atoms with E-state index < -0.39 is 0 Å². The Balaban J connectivity index is 1.75. The Kier molecular flexibility index (Phi) is 3.14. The van der Waals surface area contributed by atoms with Gasteiger partial charge in [0.25, 0.3) is 0 Å². The van der Waals surface area contributed by atoms with Gasteiger partial charge in [-0.2, -0.15) is 0 Å². The summed E-state index contributed by atoms with van der Waals surface area (Å²) in [6.07, 6.45) is 2.56. The molecule has 0 amide bonds. The van der Waals surface area contributed by atoms with Crippen LogP contribution in [0.15, 0.2) is 24.3 Å². The van der Waals surface area contributed by atoms with Crippen molar-refractivity contribution in [2.75, 3.05) is 37.0 Å². The number of para-hydroxylation sites is 2. The number of benzene rings is 1. The highest BCUT2D eigenvalue weighted by Crippen LogP contribution is 2.35. The van der Waals surface area contributed by atoms with Gasteiger partial charge in [-0.05, 0) is 30.9 Å². The standard InChI is InChI=1S/C14H21N3O/c1-16-13-7-3-2-6-12(13)15-14(16)17-8-4-5-11(9-17)10-18/h2-3,6-7,11,14-15,18H,4-5,8-10H2,1H3/t11-,14?/m1/s1. The average Bonchev–Trinajstić information content (AvgIpc) is 2.77. The van der Waals surface area contributed by atoms with E-state index >= 15 is 0 Å². The number of aliphatic hydroxyl groups excluding tert-OH is 1. The molecule has 1 saturated heterocycles. The fourth-order valence-electron chi connectivity index (χ4n) is 3.08. The smallest absolute Gasteiger partial charge is 0.157 e. The lowest BCUT2D eigenvalue weighted by molar-refractivity contribution is 0.0983. The summed E-state index contributed by atoms with van der Waals surface area (Å²) in [5, 5.41) is 12.9. The Bertz CT molecular complexity index is 423. The number of likely N-dealkylation sites (tertiary alicyclic amines) is 1. The zero-order valence-corrected chi connectivity index (χ0v) is 10.8. The van der Waals surface area contributed by atoms with Crippen LogP contribution in [-0.2, 0) is 0 Å². The Morgan fingerprint density at radius 2 is 2.22 bits per heavy atom. The highest BCUT2D eigenvalue weighted by molar-refractivity contribution is 5.75. The molecule has 1 fully saturated rings. The van der Waals surface area contributed by atoms with Gasteiger partial charge in [0.2, 0.25) is 0 Å². The lowest BCUT2D eigenvalue weighted by atomic mass is 9.99. The maximum atomic E-state index is 9.33. The largest absolute Gasteiger partial charge is 0.396 e. The molecule has 0 saturated carbocycles. The van der Waals surface area contributed by atoms with Gasteiger partial charge in [-0.1, -0.05) is 12.1 Å². The van der Waals surface area contributed by atoms with Crippen molar-refractivity contribution in [3.05, 3.63) is 24.3 Å². The van der Waals surface area contributed by atoms with Crippen molar-refractivity contribution in [3.8, 4) is 0 Å². The topological polar surface area (TPSA) is 38.7 Å². The molecule has 3 rings (SSSR count). The first-order valence-electron chi connectivity index (χ1n) is 6.73. The zero-order chi connectivity index (χ0) is 12.5. The monoisotopic (exact) mass is 247 g/mol. The van der Waals surface area contributed by atoms with Crippen LogP contribution in [0.1, 0.15) is 12.8 Å². The van der Waals surface area contributed by atoms with Crippen molar-refractivity contribution in [3.63, 3.8) is 0 Å². The minimum Gasteiger partial charge on any atom is -0.396 e. The maximum absolute atomic E-state index is 9.33. The molecule has 0 aliphatic carbocycles. The molecule has 1 aromatic carbocycles. The Morgan fingerprint density at radius 3 is 3.00 bits per heavy atom. The van der Waals surface area contributed by atoms with E-state index in [0.29, 0.717) is 12.5 Å². The predicted octanol–water partition coefficient (Wildman–Crippen LogP) is 1.54. The third-order valence-corrected chi connectivity index (χ3v) is 4.09. The lowest BCUT2D eigenvalue weighted by Crippen LogP contribution is -2.52. The lowest BCUT2D eigenvalue weighted by Gasteiger charge is -2.39. The molecular formula is C14H21N3O. The molecule has 2 N–H and O–H groups in total. The molecule has 1 unspecified atom stereocenters. The minimum absolute atomic E-state index is 0.233. The second kappa shape index (κ2) is 4.78. The first kappa shape index (κ1) is 11.8. The summed E-state index contributed by atoms with van der Waals surface area (Å²) in [6.45, 7) is 2.39. The van der Waals surface area contributed by atoms with Crippen molar-refractivity contribution in [1.82, 2.24) is 4.90 Å². The number of fused-ring (bicyclic) bond motifs is 1. The molecule has 18 heavy (non-hydrogen) atoms. The van der Waals surface area contributed by atoms with Crippen molar-refractivity contribution >= 4 is 11.4 Å². The van der Waals surface area contributed by atoms with Crippen molar-refractivity contribution in [1.29, 1.82) is 0 Å². The van der Waals surface area contributed by atoms with Crippen LogP contribution in [0.2, 0.25) is 0 Å². The summed E-state index contributed by atoms with van der Waals surface area (Å²) < 4.78 is 0. The third kappa shape index (κ3) is 1.95. The van der Waals surface area contributed by atoms with Crippen molar-refractivity contribution in [2.45, 2.75) is 19.1 Å². The molecule has 0 bridgehead atoms. The van der Waals surface area contributed by atoms with Crippen LogP contribution in [0.5, 0.6) is 0 Å². The molecular weight excluding hydrogens is 226 g/mol. The fraction of sp³-hybridized carbons (Fsp3) is 0.571. The fourth-order valence-corrected chi connectivity index (χ4v) is 3.08. The van der Waals surface area contributed by atoms with Crippen LogP contribution >= 0.6 is 0 Å². The van der Waals surface area contributed by atoms with Crippen LogP contribution in [0.3, 0.4) is 0 Å². The molecule has 2 atom stereocenters. The third-order valence-electron chi connectivity index (χ3n) is 4.09. The van der Waals surface area contributed by atoms with Gasteiger partial charge in [0, 0.05) is 26.7 Å². The molecule has 2 aliphatic rings. The number of aliphatic hydroxyl groups is 1. The Labute approximate surface area is 108 Å². The summed E-state index contributed by atoms with van der Waals surface area (Å²) in [5.41, 5.74) is 2.46. The summed E-state index contributed by atoms with van der Waals surface area (Å²) in [5.74, 6) is 0.428. The van der Waals surface area contributed by atoms with Crippen LogP contribution in [0.25, 0.3) is 0 Å². The Hall–Kier alpha value is -1.26. The number of rotatable bonds is 2. The van der Waals surface area contributed by atoms with E-state index in [1.54, 1.807) is 0 Å². The van der Waals surface area contributed by atoms with Gasteiger partial charge in [0.05, 0.1) is 11.4 Å². The Morgan fingerprint density at radius 1 is 1.39 bits per heavy atom. The molecule has 4 heteroatoms. The van der Waals surface area contributed by atoms with E-state index in [-0.39, 0.29) is 6.29 Å². The molecule has 4 nitrogen and oxygen atoms in total. The number of piperidine rings is 1. The summed E-state index contributed by atoms with van der Waals surface area (Å²) in [6, 6.07) is 8.41. The van der Waals surface area contributed by atoms with Gasteiger partial charge < -0.3 is 15.3 Å². The summed E-state index contributed by atoms with van der Waals surface area (Å²) in [4.78, 5) is 4.72. The van der Waals surface area contributed by atoms with Gasteiger partial charge in [-0.25, -0.2) is 0 Å². The molecule has 98 valence electrons. The van der Waals surface area contributed by atoms with Crippen LogP contribution in [0, 0.1) is 5.92 Å². The summed E-state index contributed by atoms with van der Waals surface area (Å²) in [7, 11) is 2.13. The molecule has 0 aromatic heterocycles. The molecule has 2 aliphatic heterocycles. The number of anilines is 2. The van der Waals surface area contributed by atoms with Gasteiger partial charge >= 0.3 is 0 Å². The van der Waals surface area contributed by atoms with E-state index in [4.69, 9.17) is 0 Å². The normalized spacial score (nSPS) is 28.0. The second-order valence-corrected chi connectivity index (χ2v) is 5.33. The molecule has 0 spiro atoms. The van der Waals surface area contributed by atoms with Gasteiger partial charge in [-0.3, -0.25) is 4.90 Å². The van der Waals surface area contributed by atoms with Gasteiger partial charge in [0.15, 0.2) is 6.29 Å². The first-order chi connectivity index (χ1) is 8.79. The SMILES string of the molecule is CN1c2ccccc2NC1N1CCC[C@@H](CO)C1. The van der Waals surface area contributed by atoms with E-state index in [0.717, 1.165) is 19.5 Å². The average molecular weight is 247 g/mol. The highest BCUT2D eigenvalue weighted by Gasteiger charge is 2.33. The number of hydrogen-bond acceptors (Lipinski definition) is 4. The maximum Gasteiger partial charge on any atom is 0.157 e. The van der Waals surface area contributed by atoms with E-state index in [2.05, 4.69) is 46.4 Å². The number of hydrogen-bond donors (Lipinski definition) is 2. The number of nitrogens with zero attached hydrogens (tertiary/aromatic N) is 2. The quantitative estimate of drug-likeness (QED) is 0.831. The van der Waals surface area contributed by atoms with Gasteiger partial charge in [-0.15, -0.1) is 0 Å². The van der Waals surface area contributed by atoms with Crippen molar-refractivity contribution < 1.29 is 5.11 Å². The number of nitrogens with one attached hydrogen (secondary N) is 1. The van der Waals surface area contributed by atoms with E-state index in [1.165, 1.54) is 17.8 Å². The van der Waals surface area contributed by atoms with Gasteiger partial charge in [0.1, 0.15) is 0 Å². The molecule has 2 heterocycles. The predicted molar refractivity (Wildman–Crippen MR) is 73.6 cm³/mol. The first-order valence-corrected chi connectivity index (χ1v) is 6.73. The van der Waals surface area contributed by atoms with Crippen LogP contribution in [-0.4, -0.2) is 43.0 Å². The van der Waals surface area contributed by atoms with E-state index in [1.807, 2.05) is 0 Å². The minimum atomic E-state index is 0.233. The molecule has 1 aromatic rings. The second-order valence-electron chi connectivity index (χ2n) is 5.33. The van der Waals surface area contributed by atoms with Crippen molar-refractivity contribution in [2.24, 2.45) is 5.92 Å². The highest BCUT2D eigenvalue weighted by atomic mass is 16.3.